The maximum absolute atomic E-state index is 2.63. The second-order valence-electron chi connectivity index (χ2n) is 16.5. The summed E-state index contributed by atoms with van der Waals surface area (Å²) >= 11 is 0. The molecule has 0 nitrogen and oxygen atoms in total. The monoisotopic (exact) mass is 720 g/mol. The highest BCUT2D eigenvalue weighted by Crippen LogP contribution is 2.43. The van der Waals surface area contributed by atoms with Crippen LogP contribution >= 0.6 is 0 Å². The first kappa shape index (κ1) is 31.7. The van der Waals surface area contributed by atoms with E-state index in [0.717, 1.165) is 0 Å². The normalized spacial score (nSPS) is 14.6. The zero-order valence-corrected chi connectivity index (χ0v) is 33.2. The van der Waals surface area contributed by atoms with Gasteiger partial charge in [0, 0.05) is 0 Å². The number of fused-ring (bicyclic) bond motifs is 8. The summed E-state index contributed by atoms with van der Waals surface area (Å²) in [7, 11) is -4.08. The highest BCUT2D eigenvalue weighted by molar-refractivity contribution is 7.05. The zero-order chi connectivity index (χ0) is 36.3. The molecule has 0 saturated carbocycles. The Bertz CT molecular complexity index is 3030. The number of benzene rings is 9. The quantitative estimate of drug-likeness (QED) is 0.159. The fourth-order valence-corrected chi connectivity index (χ4v) is 16.2. The van der Waals surface area contributed by atoms with Crippen molar-refractivity contribution in [3.05, 3.63) is 170 Å². The molecule has 9 aromatic carbocycles. The molecule has 2 aliphatic rings. The van der Waals surface area contributed by atoms with Gasteiger partial charge in [0.1, 0.15) is 16.1 Å². The molecule has 9 aromatic rings. The van der Waals surface area contributed by atoms with E-state index in [4.69, 9.17) is 0 Å². The predicted molar refractivity (Wildman–Crippen MR) is 240 cm³/mol. The van der Waals surface area contributed by atoms with Gasteiger partial charge in [-0.2, -0.15) is 0 Å². The Labute approximate surface area is 319 Å². The Morgan fingerprint density at radius 1 is 0.296 bits per heavy atom. The van der Waals surface area contributed by atoms with E-state index in [9.17, 15) is 0 Å². The lowest BCUT2D eigenvalue weighted by molar-refractivity contribution is 1.61. The summed E-state index contributed by atoms with van der Waals surface area (Å²) in [6.07, 6.45) is 0. The third-order valence-corrected chi connectivity index (χ3v) is 19.9. The summed E-state index contributed by atoms with van der Waals surface area (Å²) in [4.78, 5) is 0. The van der Waals surface area contributed by atoms with Crippen LogP contribution in [0.1, 0.15) is 0 Å². The van der Waals surface area contributed by atoms with Crippen molar-refractivity contribution in [3.8, 4) is 55.6 Å². The number of rotatable bonds is 3. The van der Waals surface area contributed by atoms with Gasteiger partial charge in [0.15, 0.2) is 0 Å². The third-order valence-electron chi connectivity index (χ3n) is 12.9. The molecule has 11 rings (SSSR count). The van der Waals surface area contributed by atoms with Crippen LogP contribution in [0.3, 0.4) is 0 Å². The number of hydrogen-bond acceptors (Lipinski definition) is 0. The molecule has 0 fully saturated rings. The van der Waals surface area contributed by atoms with Crippen LogP contribution in [0.25, 0.3) is 88.0 Å². The lowest BCUT2D eigenvalue weighted by Crippen LogP contribution is -2.56. The van der Waals surface area contributed by atoms with E-state index in [0.29, 0.717) is 0 Å². The molecular formula is C52H40Si2. The molecule has 0 bridgehead atoms. The molecule has 0 radical (unpaired) electrons. The van der Waals surface area contributed by atoms with Crippen molar-refractivity contribution >= 4 is 69.2 Å². The molecule has 0 atom stereocenters. The predicted octanol–water partition coefficient (Wildman–Crippen LogP) is 11.8. The lowest BCUT2D eigenvalue weighted by Gasteiger charge is -2.35. The van der Waals surface area contributed by atoms with Gasteiger partial charge in [0.2, 0.25) is 0 Å². The Kier molecular flexibility index (Phi) is 6.66. The molecular weight excluding hydrogens is 681 g/mol. The van der Waals surface area contributed by atoms with Crippen molar-refractivity contribution in [2.75, 3.05) is 0 Å². The van der Waals surface area contributed by atoms with Crippen LogP contribution in [-0.4, -0.2) is 16.1 Å². The van der Waals surface area contributed by atoms with E-state index in [1.165, 1.54) is 88.0 Å². The highest BCUT2D eigenvalue weighted by atomic mass is 28.3. The molecule has 256 valence electrons. The van der Waals surface area contributed by atoms with E-state index in [-0.39, 0.29) is 0 Å². The molecule has 0 aliphatic carbocycles. The molecule has 0 unspecified atom stereocenters. The molecule has 0 amide bonds. The summed E-state index contributed by atoms with van der Waals surface area (Å²) in [5.74, 6) is 0. The minimum absolute atomic E-state index is 1.26. The molecule has 54 heavy (non-hydrogen) atoms. The van der Waals surface area contributed by atoms with Gasteiger partial charge in [-0.3, -0.25) is 0 Å². The zero-order valence-electron chi connectivity index (χ0n) is 31.2. The second-order valence-corrected chi connectivity index (χ2v) is 25.1. The second kappa shape index (κ2) is 11.4. The van der Waals surface area contributed by atoms with E-state index in [1.807, 2.05) is 0 Å². The van der Waals surface area contributed by atoms with Gasteiger partial charge in [-0.1, -0.05) is 196 Å². The summed E-state index contributed by atoms with van der Waals surface area (Å²) in [6, 6.07) is 64.6. The smallest absolute Gasteiger partial charge is 0.0619 e. The van der Waals surface area contributed by atoms with Gasteiger partial charge in [-0.25, -0.2) is 0 Å². The minimum atomic E-state index is -2.04. The van der Waals surface area contributed by atoms with Crippen LogP contribution in [-0.2, 0) is 0 Å². The van der Waals surface area contributed by atoms with Crippen LogP contribution in [0, 0.1) is 0 Å². The topological polar surface area (TPSA) is 0 Å². The Hall–Kier alpha value is -5.81. The average molecular weight is 721 g/mol. The summed E-state index contributed by atoms with van der Waals surface area (Å²) in [6.45, 7) is 10.3. The Morgan fingerprint density at radius 3 is 1.52 bits per heavy atom. The van der Waals surface area contributed by atoms with Crippen LogP contribution < -0.4 is 20.7 Å². The SMILES string of the molecule is C[Si]1(C)c2cc(-c3ccc(-c4cccc5ccccc45)cc3)ccc2-c2c1cc1c3c(cccc23)[Si](C)(C)c2cc(-c3cccc4ccccc34)ccc2-1. The van der Waals surface area contributed by atoms with E-state index >= 15 is 0 Å². The van der Waals surface area contributed by atoms with Gasteiger partial charge in [-0.05, 0) is 109 Å². The van der Waals surface area contributed by atoms with Crippen molar-refractivity contribution in [2.45, 2.75) is 26.2 Å². The van der Waals surface area contributed by atoms with Crippen molar-refractivity contribution in [1.82, 2.24) is 0 Å². The Balaban J connectivity index is 1.04. The fourth-order valence-electron chi connectivity index (χ4n) is 10.0. The molecule has 0 saturated heterocycles. The molecule has 2 aliphatic heterocycles. The van der Waals surface area contributed by atoms with Gasteiger partial charge in [-0.15, -0.1) is 0 Å². The van der Waals surface area contributed by atoms with Crippen LogP contribution in [0.4, 0.5) is 0 Å². The first-order valence-electron chi connectivity index (χ1n) is 19.3. The highest BCUT2D eigenvalue weighted by Gasteiger charge is 2.42. The molecule has 0 spiro atoms. The Morgan fingerprint density at radius 2 is 0.796 bits per heavy atom. The molecule has 0 N–H and O–H groups in total. The first-order valence-corrected chi connectivity index (χ1v) is 25.3. The van der Waals surface area contributed by atoms with Crippen molar-refractivity contribution in [2.24, 2.45) is 0 Å². The largest absolute Gasteiger partial charge is 0.113 e. The first-order chi connectivity index (χ1) is 26.3. The minimum Gasteiger partial charge on any atom is -0.0619 e. The van der Waals surface area contributed by atoms with Gasteiger partial charge >= 0.3 is 0 Å². The molecule has 2 heterocycles. The number of hydrogen-bond donors (Lipinski definition) is 0. The third kappa shape index (κ3) is 4.41. The van der Waals surface area contributed by atoms with Gasteiger partial charge < -0.3 is 0 Å². The molecule has 2 heteroatoms. The van der Waals surface area contributed by atoms with Crippen LogP contribution in [0.2, 0.25) is 26.2 Å². The van der Waals surface area contributed by atoms with E-state index in [2.05, 4.69) is 196 Å². The fraction of sp³-hybridized carbons (Fsp3) is 0.0769. The van der Waals surface area contributed by atoms with Gasteiger partial charge in [0.25, 0.3) is 0 Å². The summed E-state index contributed by atoms with van der Waals surface area (Å²) in [5.41, 5.74) is 13.6. The van der Waals surface area contributed by atoms with Gasteiger partial charge in [0.05, 0.1) is 0 Å². The summed E-state index contributed by atoms with van der Waals surface area (Å²) in [5, 5.41) is 14.4. The maximum Gasteiger partial charge on any atom is 0.113 e. The van der Waals surface area contributed by atoms with E-state index < -0.39 is 16.1 Å². The van der Waals surface area contributed by atoms with Crippen molar-refractivity contribution < 1.29 is 0 Å². The molecule has 0 aromatic heterocycles. The van der Waals surface area contributed by atoms with Crippen LogP contribution in [0.5, 0.6) is 0 Å². The lowest BCUT2D eigenvalue weighted by atomic mass is 9.90. The maximum atomic E-state index is 2.63. The average Bonchev–Trinajstić information content (AvgIpc) is 3.44. The van der Waals surface area contributed by atoms with Crippen molar-refractivity contribution in [3.63, 3.8) is 0 Å². The van der Waals surface area contributed by atoms with Crippen LogP contribution in [0.15, 0.2) is 170 Å². The van der Waals surface area contributed by atoms with Crippen molar-refractivity contribution in [1.29, 1.82) is 0 Å². The van der Waals surface area contributed by atoms with E-state index in [1.54, 1.807) is 20.7 Å². The standard InChI is InChI=1S/C52H40Si2/c1-53(2)47-21-11-20-45-51-44-29-26-37(33-22-24-36(25-23-33)41-18-9-14-34-12-5-7-16-39(34)41)30-49(44)54(3,4)50(51)32-46(52(45)47)43-28-27-38(31-48(43)53)42-19-10-15-35-13-6-8-17-40(35)42/h5-32H,1-4H3. The summed E-state index contributed by atoms with van der Waals surface area (Å²) < 4.78 is 0.